The first kappa shape index (κ1) is 12.2. The monoisotopic (exact) mass is 270 g/mol. The summed E-state index contributed by atoms with van der Waals surface area (Å²) in [6, 6.07) is 5.71. The second kappa shape index (κ2) is 5.31. The Bertz CT molecular complexity index is 359. The van der Waals surface area contributed by atoms with Crippen molar-refractivity contribution in [2.75, 3.05) is 6.61 Å². The maximum absolute atomic E-state index is 11.6. The molecule has 0 fully saturated rings. The van der Waals surface area contributed by atoms with Crippen molar-refractivity contribution in [1.82, 2.24) is 0 Å². The van der Waals surface area contributed by atoms with Crippen molar-refractivity contribution in [2.45, 2.75) is 25.6 Å². The van der Waals surface area contributed by atoms with Gasteiger partial charge in [0, 0.05) is 4.83 Å². The molecule has 0 aliphatic rings. The van der Waals surface area contributed by atoms with E-state index in [1.165, 1.54) is 0 Å². The van der Waals surface area contributed by atoms with Gasteiger partial charge in [0.1, 0.15) is 6.61 Å². The van der Waals surface area contributed by atoms with E-state index >= 15 is 0 Å². The predicted octanol–water partition coefficient (Wildman–Crippen LogP) is 3.24. The maximum atomic E-state index is 11.6. The molecule has 1 atom stereocenters. The van der Waals surface area contributed by atoms with Crippen LogP contribution < -0.4 is 0 Å². The average molecular weight is 271 g/mol. The number of hydrogen-bond donors (Lipinski definition) is 0. The Hall–Kier alpha value is -0.830. The van der Waals surface area contributed by atoms with E-state index < -0.39 is 0 Å². The van der Waals surface area contributed by atoms with Crippen LogP contribution in [0.15, 0.2) is 18.2 Å². The highest BCUT2D eigenvalue weighted by atomic mass is 79.9. The number of rotatable bonds is 3. The van der Waals surface area contributed by atoms with Gasteiger partial charge in [0.2, 0.25) is 0 Å². The van der Waals surface area contributed by atoms with E-state index in [4.69, 9.17) is 4.74 Å². The van der Waals surface area contributed by atoms with Gasteiger partial charge in [0.25, 0.3) is 0 Å². The third-order valence-corrected chi connectivity index (χ3v) is 2.31. The summed E-state index contributed by atoms with van der Waals surface area (Å²) in [6.07, 6.45) is 0. The normalized spacial score (nSPS) is 12.3. The van der Waals surface area contributed by atoms with Crippen LogP contribution in [0.25, 0.3) is 0 Å². The van der Waals surface area contributed by atoms with Crippen LogP contribution in [0.1, 0.15) is 28.4 Å². The summed E-state index contributed by atoms with van der Waals surface area (Å²) in [5, 5.41) is 0. The zero-order valence-corrected chi connectivity index (χ0v) is 10.8. The van der Waals surface area contributed by atoms with Crippen LogP contribution in [0.5, 0.6) is 0 Å². The Labute approximate surface area is 98.8 Å². The Morgan fingerprint density at radius 3 is 2.67 bits per heavy atom. The summed E-state index contributed by atoms with van der Waals surface area (Å²) in [5.41, 5.74) is 2.76. The van der Waals surface area contributed by atoms with Gasteiger partial charge in [0.05, 0.1) is 5.56 Å². The van der Waals surface area contributed by atoms with E-state index in [-0.39, 0.29) is 10.8 Å². The van der Waals surface area contributed by atoms with Crippen molar-refractivity contribution in [1.29, 1.82) is 0 Å². The van der Waals surface area contributed by atoms with Gasteiger partial charge in [-0.05, 0) is 32.4 Å². The number of alkyl halides is 1. The molecule has 0 heterocycles. The van der Waals surface area contributed by atoms with Crippen LogP contribution in [0, 0.1) is 13.8 Å². The molecule has 0 bridgehead atoms. The number of carbonyl (C=O) groups excluding carboxylic acids is 1. The molecule has 1 aromatic carbocycles. The molecule has 0 radical (unpaired) electrons. The molecule has 1 rings (SSSR count). The molecular weight excluding hydrogens is 256 g/mol. The summed E-state index contributed by atoms with van der Waals surface area (Å²) < 4.78 is 5.12. The Morgan fingerprint density at radius 2 is 2.13 bits per heavy atom. The van der Waals surface area contributed by atoms with Gasteiger partial charge in [-0.2, -0.15) is 0 Å². The molecule has 2 nitrogen and oxygen atoms in total. The molecule has 1 aromatic rings. The lowest BCUT2D eigenvalue weighted by Crippen LogP contribution is -2.12. The Kier molecular flexibility index (Phi) is 4.33. The SMILES string of the molecule is Cc1ccc(C(=O)OCC(C)Br)c(C)c1. The Balaban J connectivity index is 2.74. The molecule has 3 heteroatoms. The minimum atomic E-state index is -0.251. The van der Waals surface area contributed by atoms with Crippen molar-refractivity contribution >= 4 is 21.9 Å². The van der Waals surface area contributed by atoms with Gasteiger partial charge < -0.3 is 4.74 Å². The zero-order chi connectivity index (χ0) is 11.4. The molecule has 0 aliphatic carbocycles. The number of hydrogen-bond acceptors (Lipinski definition) is 2. The first-order valence-corrected chi connectivity index (χ1v) is 5.80. The highest BCUT2D eigenvalue weighted by molar-refractivity contribution is 9.09. The summed E-state index contributed by atoms with van der Waals surface area (Å²) in [7, 11) is 0. The topological polar surface area (TPSA) is 26.3 Å². The molecule has 0 N–H and O–H groups in total. The third-order valence-electron chi connectivity index (χ3n) is 2.05. The summed E-state index contributed by atoms with van der Waals surface area (Å²) in [5.74, 6) is -0.251. The fraction of sp³-hybridized carbons (Fsp3) is 0.417. The lowest BCUT2D eigenvalue weighted by molar-refractivity contribution is 0.0511. The highest BCUT2D eigenvalue weighted by Crippen LogP contribution is 2.12. The van der Waals surface area contributed by atoms with Crippen molar-refractivity contribution < 1.29 is 9.53 Å². The van der Waals surface area contributed by atoms with E-state index in [9.17, 15) is 4.79 Å². The van der Waals surface area contributed by atoms with Gasteiger partial charge >= 0.3 is 5.97 Å². The molecule has 15 heavy (non-hydrogen) atoms. The average Bonchev–Trinajstić information content (AvgIpc) is 2.14. The lowest BCUT2D eigenvalue weighted by Gasteiger charge is -2.08. The van der Waals surface area contributed by atoms with Gasteiger partial charge in [-0.25, -0.2) is 4.79 Å². The molecule has 82 valence electrons. The van der Waals surface area contributed by atoms with E-state index in [0.717, 1.165) is 11.1 Å². The number of carbonyl (C=O) groups is 1. The van der Waals surface area contributed by atoms with E-state index in [2.05, 4.69) is 15.9 Å². The quantitative estimate of drug-likeness (QED) is 0.623. The van der Waals surface area contributed by atoms with Crippen molar-refractivity contribution in [3.8, 4) is 0 Å². The number of halogens is 1. The molecule has 0 aromatic heterocycles. The largest absolute Gasteiger partial charge is 0.461 e. The number of aryl methyl sites for hydroxylation is 2. The first-order chi connectivity index (χ1) is 7.00. The molecule has 0 saturated heterocycles. The van der Waals surface area contributed by atoms with Crippen LogP contribution >= 0.6 is 15.9 Å². The fourth-order valence-corrected chi connectivity index (χ4v) is 1.44. The van der Waals surface area contributed by atoms with Gasteiger partial charge in [0.15, 0.2) is 0 Å². The van der Waals surface area contributed by atoms with Crippen LogP contribution in [0.3, 0.4) is 0 Å². The molecule has 0 amide bonds. The fourth-order valence-electron chi connectivity index (χ4n) is 1.31. The van der Waals surface area contributed by atoms with E-state index in [1.807, 2.05) is 39.0 Å². The van der Waals surface area contributed by atoms with E-state index in [1.54, 1.807) is 0 Å². The molecule has 1 unspecified atom stereocenters. The van der Waals surface area contributed by atoms with E-state index in [0.29, 0.717) is 12.2 Å². The minimum Gasteiger partial charge on any atom is -0.461 e. The van der Waals surface area contributed by atoms with Crippen LogP contribution in [0.2, 0.25) is 0 Å². The maximum Gasteiger partial charge on any atom is 0.338 e. The van der Waals surface area contributed by atoms with Crippen LogP contribution in [-0.4, -0.2) is 17.4 Å². The number of esters is 1. The third kappa shape index (κ3) is 3.67. The molecule has 0 spiro atoms. The van der Waals surface area contributed by atoms with Crippen molar-refractivity contribution in [2.24, 2.45) is 0 Å². The number of ether oxygens (including phenoxy) is 1. The highest BCUT2D eigenvalue weighted by Gasteiger charge is 2.10. The number of benzene rings is 1. The first-order valence-electron chi connectivity index (χ1n) is 4.89. The summed E-state index contributed by atoms with van der Waals surface area (Å²) in [6.45, 7) is 6.26. The zero-order valence-electron chi connectivity index (χ0n) is 9.21. The predicted molar refractivity (Wildman–Crippen MR) is 64.6 cm³/mol. The molecular formula is C12H15BrO2. The van der Waals surface area contributed by atoms with Crippen LogP contribution in [0.4, 0.5) is 0 Å². The van der Waals surface area contributed by atoms with Gasteiger partial charge in [-0.15, -0.1) is 0 Å². The van der Waals surface area contributed by atoms with Gasteiger partial charge in [-0.3, -0.25) is 0 Å². The standard InChI is InChI=1S/C12H15BrO2/c1-8-4-5-11(9(2)6-8)12(14)15-7-10(3)13/h4-6,10H,7H2,1-3H3. The smallest absolute Gasteiger partial charge is 0.338 e. The summed E-state index contributed by atoms with van der Waals surface area (Å²) >= 11 is 3.33. The second-order valence-corrected chi connectivity index (χ2v) is 5.26. The molecule has 0 aliphatic heterocycles. The summed E-state index contributed by atoms with van der Waals surface area (Å²) in [4.78, 5) is 11.8. The van der Waals surface area contributed by atoms with Crippen LogP contribution in [-0.2, 0) is 4.74 Å². The van der Waals surface area contributed by atoms with Crippen molar-refractivity contribution in [3.05, 3.63) is 34.9 Å². The Morgan fingerprint density at radius 1 is 1.47 bits per heavy atom. The minimum absolute atomic E-state index is 0.187. The van der Waals surface area contributed by atoms with Gasteiger partial charge in [-0.1, -0.05) is 33.6 Å². The second-order valence-electron chi connectivity index (χ2n) is 3.70. The van der Waals surface area contributed by atoms with Crippen molar-refractivity contribution in [3.63, 3.8) is 0 Å². The lowest BCUT2D eigenvalue weighted by atomic mass is 10.1. The molecule has 0 saturated carbocycles.